The van der Waals surface area contributed by atoms with E-state index in [1.807, 2.05) is 6.07 Å². The SMILES string of the molecule is COc1ccc(CN(C)C(=O)/C=C\c2cn(C)c(=O)n(C)c2=O)cc1OC. The van der Waals surface area contributed by atoms with Crippen LogP contribution in [0, 0.1) is 0 Å². The standard InChI is InChI=1S/C19H23N3O5/c1-20(11-13-6-8-15(26-4)16(10-13)27-5)17(23)9-7-14-12-21(2)19(25)22(3)18(14)24/h6-10,12H,11H2,1-5H3/b9-7-. The van der Waals surface area contributed by atoms with E-state index in [1.54, 1.807) is 40.4 Å². The molecular weight excluding hydrogens is 350 g/mol. The molecule has 27 heavy (non-hydrogen) atoms. The van der Waals surface area contributed by atoms with E-state index in [2.05, 4.69) is 0 Å². The molecule has 0 N–H and O–H groups in total. The summed E-state index contributed by atoms with van der Waals surface area (Å²) >= 11 is 0. The Morgan fingerprint density at radius 2 is 1.81 bits per heavy atom. The lowest BCUT2D eigenvalue weighted by molar-refractivity contribution is -0.125. The van der Waals surface area contributed by atoms with Gasteiger partial charge in [0.25, 0.3) is 5.56 Å². The highest BCUT2D eigenvalue weighted by Crippen LogP contribution is 2.27. The molecule has 0 saturated carbocycles. The minimum atomic E-state index is -0.454. The van der Waals surface area contributed by atoms with Gasteiger partial charge in [0.05, 0.1) is 19.8 Å². The van der Waals surface area contributed by atoms with Gasteiger partial charge in [-0.25, -0.2) is 4.79 Å². The summed E-state index contributed by atoms with van der Waals surface area (Å²) in [5, 5.41) is 0. The van der Waals surface area contributed by atoms with Gasteiger partial charge in [-0.15, -0.1) is 0 Å². The number of ether oxygens (including phenoxy) is 2. The number of hydrogen-bond acceptors (Lipinski definition) is 5. The number of methoxy groups -OCH3 is 2. The molecule has 0 aliphatic heterocycles. The number of rotatable bonds is 6. The van der Waals surface area contributed by atoms with Crippen molar-refractivity contribution in [3.05, 3.63) is 62.4 Å². The fourth-order valence-corrected chi connectivity index (χ4v) is 2.57. The highest BCUT2D eigenvalue weighted by molar-refractivity contribution is 5.91. The molecule has 0 aliphatic carbocycles. The summed E-state index contributed by atoms with van der Waals surface area (Å²) in [5.41, 5.74) is 0.251. The van der Waals surface area contributed by atoms with E-state index in [-0.39, 0.29) is 11.5 Å². The van der Waals surface area contributed by atoms with Gasteiger partial charge >= 0.3 is 5.69 Å². The molecule has 0 bridgehead atoms. The first-order valence-electron chi connectivity index (χ1n) is 8.19. The van der Waals surface area contributed by atoms with Crippen molar-refractivity contribution in [3.8, 4) is 11.5 Å². The number of aromatic nitrogens is 2. The first kappa shape index (κ1) is 20.0. The summed E-state index contributed by atoms with van der Waals surface area (Å²) in [7, 11) is 7.70. The molecule has 2 aromatic rings. The van der Waals surface area contributed by atoms with Gasteiger partial charge in [-0.1, -0.05) is 6.07 Å². The second kappa shape index (κ2) is 8.39. The zero-order chi connectivity index (χ0) is 20.1. The van der Waals surface area contributed by atoms with Gasteiger partial charge in [0, 0.05) is 40.0 Å². The molecule has 0 spiro atoms. The zero-order valence-electron chi connectivity index (χ0n) is 16.1. The molecule has 8 nitrogen and oxygen atoms in total. The number of nitrogens with zero attached hydrogens (tertiary/aromatic N) is 3. The molecule has 1 heterocycles. The van der Waals surface area contributed by atoms with Crippen molar-refractivity contribution in [1.29, 1.82) is 0 Å². The number of hydrogen-bond donors (Lipinski definition) is 0. The molecule has 2 rings (SSSR count). The largest absolute Gasteiger partial charge is 0.493 e. The maximum Gasteiger partial charge on any atom is 0.330 e. The number of aryl methyl sites for hydroxylation is 1. The number of likely N-dealkylation sites (N-methyl/N-ethyl adjacent to an activating group) is 1. The summed E-state index contributed by atoms with van der Waals surface area (Å²) < 4.78 is 12.7. The molecule has 0 radical (unpaired) electrons. The minimum Gasteiger partial charge on any atom is -0.493 e. The van der Waals surface area contributed by atoms with Gasteiger partial charge < -0.3 is 18.9 Å². The Kier molecular flexibility index (Phi) is 6.23. The Hall–Kier alpha value is -3.29. The molecule has 8 heteroatoms. The van der Waals surface area contributed by atoms with Crippen molar-refractivity contribution in [1.82, 2.24) is 14.0 Å². The normalized spacial score (nSPS) is 10.9. The highest BCUT2D eigenvalue weighted by Gasteiger charge is 2.10. The highest BCUT2D eigenvalue weighted by atomic mass is 16.5. The minimum absolute atomic E-state index is 0.257. The van der Waals surface area contributed by atoms with Gasteiger partial charge in [0.15, 0.2) is 11.5 Å². The second-order valence-corrected chi connectivity index (χ2v) is 6.06. The van der Waals surface area contributed by atoms with Gasteiger partial charge in [0.1, 0.15) is 0 Å². The molecule has 1 aromatic heterocycles. The van der Waals surface area contributed by atoms with Crippen molar-refractivity contribution in [3.63, 3.8) is 0 Å². The van der Waals surface area contributed by atoms with Crippen molar-refractivity contribution in [2.45, 2.75) is 6.54 Å². The van der Waals surface area contributed by atoms with E-state index in [1.165, 1.54) is 34.9 Å². The fourth-order valence-electron chi connectivity index (χ4n) is 2.57. The van der Waals surface area contributed by atoms with Crippen LogP contribution in [0.4, 0.5) is 0 Å². The molecule has 0 fully saturated rings. The lowest BCUT2D eigenvalue weighted by Crippen LogP contribution is -2.37. The predicted octanol–water partition coefficient (Wildman–Crippen LogP) is 0.773. The average Bonchev–Trinajstić information content (AvgIpc) is 2.67. The van der Waals surface area contributed by atoms with Crippen LogP contribution >= 0.6 is 0 Å². The lowest BCUT2D eigenvalue weighted by Gasteiger charge is -2.16. The van der Waals surface area contributed by atoms with Crippen LogP contribution in [-0.2, 0) is 25.4 Å². The summed E-state index contributed by atoms with van der Waals surface area (Å²) in [6.07, 6.45) is 4.12. The Balaban J connectivity index is 2.16. The van der Waals surface area contributed by atoms with Gasteiger partial charge in [-0.2, -0.15) is 0 Å². The molecule has 0 aliphatic rings. The maximum atomic E-state index is 12.4. The van der Waals surface area contributed by atoms with Crippen LogP contribution in [0.5, 0.6) is 11.5 Å². The van der Waals surface area contributed by atoms with Crippen molar-refractivity contribution >= 4 is 12.0 Å². The van der Waals surface area contributed by atoms with Crippen LogP contribution in [-0.4, -0.2) is 41.2 Å². The van der Waals surface area contributed by atoms with E-state index in [0.29, 0.717) is 18.0 Å². The van der Waals surface area contributed by atoms with E-state index in [4.69, 9.17) is 9.47 Å². The smallest absolute Gasteiger partial charge is 0.330 e. The summed E-state index contributed by atoms with van der Waals surface area (Å²) in [5.74, 6) is 0.918. The van der Waals surface area contributed by atoms with Crippen LogP contribution < -0.4 is 20.7 Å². The van der Waals surface area contributed by atoms with Gasteiger partial charge in [0.2, 0.25) is 5.91 Å². The fraction of sp³-hybridized carbons (Fsp3) is 0.316. The quantitative estimate of drug-likeness (QED) is 0.699. The van der Waals surface area contributed by atoms with Crippen LogP contribution in [0.3, 0.4) is 0 Å². The molecule has 1 aromatic carbocycles. The van der Waals surface area contributed by atoms with E-state index < -0.39 is 11.2 Å². The third-order valence-electron chi connectivity index (χ3n) is 4.12. The molecule has 0 saturated heterocycles. The zero-order valence-corrected chi connectivity index (χ0v) is 16.1. The third-order valence-corrected chi connectivity index (χ3v) is 4.12. The number of carbonyl (C=O) groups excluding carboxylic acids is 1. The molecular formula is C19H23N3O5. The Labute approximate surface area is 156 Å². The van der Waals surface area contributed by atoms with Crippen LogP contribution in [0.1, 0.15) is 11.1 Å². The Morgan fingerprint density at radius 3 is 2.44 bits per heavy atom. The van der Waals surface area contributed by atoms with Crippen LogP contribution in [0.2, 0.25) is 0 Å². The maximum absolute atomic E-state index is 12.4. The Bertz CT molecular complexity index is 988. The molecule has 1 amide bonds. The van der Waals surface area contributed by atoms with E-state index in [9.17, 15) is 14.4 Å². The second-order valence-electron chi connectivity index (χ2n) is 6.06. The van der Waals surface area contributed by atoms with Crippen LogP contribution in [0.25, 0.3) is 6.08 Å². The lowest BCUT2D eigenvalue weighted by atomic mass is 10.2. The number of amides is 1. The molecule has 0 unspecified atom stereocenters. The van der Waals surface area contributed by atoms with Crippen molar-refractivity contribution < 1.29 is 14.3 Å². The average molecular weight is 373 g/mol. The first-order valence-corrected chi connectivity index (χ1v) is 8.19. The topological polar surface area (TPSA) is 82.8 Å². The summed E-state index contributed by atoms with van der Waals surface area (Å²) in [6, 6.07) is 5.42. The van der Waals surface area contributed by atoms with Gasteiger partial charge in [-0.05, 0) is 23.8 Å². The summed E-state index contributed by atoms with van der Waals surface area (Å²) in [4.78, 5) is 37.6. The Morgan fingerprint density at radius 1 is 1.15 bits per heavy atom. The predicted molar refractivity (Wildman–Crippen MR) is 102 cm³/mol. The van der Waals surface area contributed by atoms with E-state index >= 15 is 0 Å². The van der Waals surface area contributed by atoms with Crippen molar-refractivity contribution in [2.75, 3.05) is 21.3 Å². The van der Waals surface area contributed by atoms with E-state index in [0.717, 1.165) is 10.1 Å². The molecule has 0 atom stereocenters. The summed E-state index contributed by atoms with van der Waals surface area (Å²) in [6.45, 7) is 0.356. The van der Waals surface area contributed by atoms with Crippen molar-refractivity contribution in [2.24, 2.45) is 14.1 Å². The molecule has 144 valence electrons. The number of benzene rings is 1. The van der Waals surface area contributed by atoms with Crippen LogP contribution in [0.15, 0.2) is 40.1 Å². The first-order chi connectivity index (χ1) is 12.8. The monoisotopic (exact) mass is 373 g/mol. The number of carbonyl (C=O) groups is 1. The van der Waals surface area contributed by atoms with Gasteiger partial charge in [-0.3, -0.25) is 14.2 Å². The third kappa shape index (κ3) is 4.46.